The lowest BCUT2D eigenvalue weighted by Crippen LogP contribution is -2.22. The first kappa shape index (κ1) is 13.5. The number of ketones is 1. The Morgan fingerprint density at radius 3 is 2.57 bits per heavy atom. The number of nitrogens with zero attached hydrogens (tertiary/aromatic N) is 1. The van der Waals surface area contributed by atoms with Gasteiger partial charge in [0.2, 0.25) is 0 Å². The third-order valence-electron chi connectivity index (χ3n) is 4.07. The predicted octanol–water partition coefficient (Wildman–Crippen LogP) is 3.44. The molecule has 106 valence electrons. The highest BCUT2D eigenvalue weighted by Gasteiger charge is 2.29. The summed E-state index contributed by atoms with van der Waals surface area (Å²) in [4.78, 5) is 23.0. The summed E-state index contributed by atoms with van der Waals surface area (Å²) in [6, 6.07) is 14.6. The van der Waals surface area contributed by atoms with Gasteiger partial charge in [0.25, 0.3) is 5.69 Å². The van der Waals surface area contributed by atoms with Gasteiger partial charge in [-0.25, -0.2) is 0 Å². The second kappa shape index (κ2) is 5.48. The summed E-state index contributed by atoms with van der Waals surface area (Å²) in [7, 11) is 0. The van der Waals surface area contributed by atoms with E-state index >= 15 is 0 Å². The Morgan fingerprint density at radius 1 is 1.05 bits per heavy atom. The number of nitro benzene ring substituents is 1. The monoisotopic (exact) mass is 281 g/mol. The second-order valence-corrected chi connectivity index (χ2v) is 5.31. The molecule has 21 heavy (non-hydrogen) atoms. The molecule has 2 aromatic rings. The third-order valence-corrected chi connectivity index (χ3v) is 4.07. The highest BCUT2D eigenvalue weighted by molar-refractivity contribution is 5.88. The number of hydrogen-bond donors (Lipinski definition) is 0. The fourth-order valence-electron chi connectivity index (χ4n) is 3.01. The summed E-state index contributed by atoms with van der Waals surface area (Å²) in [6.07, 6.45) is 1.68. The molecule has 4 nitrogen and oxygen atoms in total. The molecule has 1 aliphatic rings. The van der Waals surface area contributed by atoms with E-state index in [1.165, 1.54) is 11.6 Å². The molecule has 0 saturated carbocycles. The Hall–Kier alpha value is -2.49. The molecule has 0 bridgehead atoms. The largest absolute Gasteiger partial charge is 0.299 e. The first-order valence-electron chi connectivity index (χ1n) is 6.99. The molecule has 0 heterocycles. The number of hydrogen-bond acceptors (Lipinski definition) is 3. The van der Waals surface area contributed by atoms with Crippen molar-refractivity contribution in [3.63, 3.8) is 0 Å². The molecule has 0 aromatic heterocycles. The maximum Gasteiger partial charge on any atom is 0.272 e. The number of fused-ring (bicyclic) bond motifs is 1. The molecule has 1 aliphatic carbocycles. The minimum absolute atomic E-state index is 0.0911. The van der Waals surface area contributed by atoms with Crippen LogP contribution in [0.2, 0.25) is 0 Å². The van der Waals surface area contributed by atoms with Gasteiger partial charge in [-0.1, -0.05) is 42.5 Å². The van der Waals surface area contributed by atoms with Gasteiger partial charge < -0.3 is 0 Å². The van der Waals surface area contributed by atoms with E-state index in [2.05, 4.69) is 0 Å². The molecular weight excluding hydrogens is 266 g/mol. The van der Waals surface area contributed by atoms with Crippen LogP contribution < -0.4 is 0 Å². The highest BCUT2D eigenvalue weighted by atomic mass is 16.6. The average Bonchev–Trinajstić information content (AvgIpc) is 2.50. The van der Waals surface area contributed by atoms with Crippen molar-refractivity contribution in [1.82, 2.24) is 0 Å². The number of carbonyl (C=O) groups is 1. The van der Waals surface area contributed by atoms with Crippen molar-refractivity contribution < 1.29 is 9.72 Å². The van der Waals surface area contributed by atoms with Gasteiger partial charge in [-0.3, -0.25) is 14.9 Å². The normalized spacial score (nSPS) is 17.3. The van der Waals surface area contributed by atoms with Crippen molar-refractivity contribution in [3.05, 3.63) is 75.3 Å². The van der Waals surface area contributed by atoms with Crippen LogP contribution in [-0.2, 0) is 17.6 Å². The van der Waals surface area contributed by atoms with Gasteiger partial charge in [-0.05, 0) is 24.0 Å². The van der Waals surface area contributed by atoms with Gasteiger partial charge in [0, 0.05) is 24.0 Å². The summed E-state index contributed by atoms with van der Waals surface area (Å²) in [6.45, 7) is 0. The number of para-hydroxylation sites is 1. The Bertz CT molecular complexity index is 709. The third kappa shape index (κ3) is 2.57. The maximum atomic E-state index is 12.3. The topological polar surface area (TPSA) is 60.2 Å². The molecule has 0 fully saturated rings. The molecule has 2 aromatic carbocycles. The first-order chi connectivity index (χ1) is 10.2. The van der Waals surface area contributed by atoms with Crippen molar-refractivity contribution in [2.45, 2.75) is 25.2 Å². The van der Waals surface area contributed by atoms with Crippen LogP contribution in [0.25, 0.3) is 0 Å². The van der Waals surface area contributed by atoms with E-state index in [1.807, 2.05) is 24.3 Å². The van der Waals surface area contributed by atoms with Crippen LogP contribution in [0.4, 0.5) is 5.69 Å². The molecule has 1 atom stereocenters. The summed E-state index contributed by atoms with van der Waals surface area (Å²) in [5, 5.41) is 11.1. The van der Waals surface area contributed by atoms with Gasteiger partial charge in [-0.15, -0.1) is 0 Å². The zero-order chi connectivity index (χ0) is 14.8. The van der Waals surface area contributed by atoms with E-state index in [-0.39, 0.29) is 22.3 Å². The van der Waals surface area contributed by atoms with E-state index in [1.54, 1.807) is 18.2 Å². The minimum atomic E-state index is -0.380. The molecular formula is C17H15NO3. The van der Waals surface area contributed by atoms with Crippen molar-refractivity contribution in [3.8, 4) is 0 Å². The van der Waals surface area contributed by atoms with Crippen molar-refractivity contribution >= 4 is 11.5 Å². The van der Waals surface area contributed by atoms with Crippen LogP contribution in [0, 0.1) is 10.1 Å². The average molecular weight is 281 g/mol. The molecule has 0 saturated heterocycles. The molecule has 0 aliphatic heterocycles. The molecule has 3 rings (SSSR count). The van der Waals surface area contributed by atoms with Crippen LogP contribution in [-0.4, -0.2) is 10.7 Å². The van der Waals surface area contributed by atoms with Gasteiger partial charge >= 0.3 is 0 Å². The zero-order valence-electron chi connectivity index (χ0n) is 11.5. The summed E-state index contributed by atoms with van der Waals surface area (Å²) in [5.74, 6) is -0.0945. The fourth-order valence-corrected chi connectivity index (χ4v) is 3.01. The van der Waals surface area contributed by atoms with Gasteiger partial charge in [0.05, 0.1) is 4.92 Å². The van der Waals surface area contributed by atoms with Crippen molar-refractivity contribution in [1.29, 1.82) is 0 Å². The predicted molar refractivity (Wildman–Crippen MR) is 79.3 cm³/mol. The molecule has 0 radical (unpaired) electrons. The Kier molecular flexibility index (Phi) is 3.52. The lowest BCUT2D eigenvalue weighted by atomic mass is 9.78. The molecule has 0 amide bonds. The fraction of sp³-hybridized carbons (Fsp3) is 0.235. The molecule has 1 unspecified atom stereocenters. The number of carbonyl (C=O) groups excluding carboxylic acids is 1. The lowest BCUT2D eigenvalue weighted by molar-refractivity contribution is -0.385. The van der Waals surface area contributed by atoms with Gasteiger partial charge in [-0.2, -0.15) is 0 Å². The van der Waals surface area contributed by atoms with E-state index in [4.69, 9.17) is 0 Å². The van der Waals surface area contributed by atoms with Crippen molar-refractivity contribution in [2.75, 3.05) is 0 Å². The van der Waals surface area contributed by atoms with Crippen LogP contribution in [0.15, 0.2) is 48.5 Å². The minimum Gasteiger partial charge on any atom is -0.299 e. The van der Waals surface area contributed by atoms with E-state index < -0.39 is 0 Å². The zero-order valence-corrected chi connectivity index (χ0v) is 11.5. The van der Waals surface area contributed by atoms with Gasteiger partial charge in [0.15, 0.2) is 0 Å². The number of Topliss-reactive ketones (excluding diaryl/α,β-unsaturated/α-hetero) is 1. The second-order valence-electron chi connectivity index (χ2n) is 5.31. The van der Waals surface area contributed by atoms with E-state index in [0.29, 0.717) is 18.4 Å². The first-order valence-corrected chi connectivity index (χ1v) is 6.99. The number of aryl methyl sites for hydroxylation is 1. The maximum absolute atomic E-state index is 12.3. The van der Waals surface area contributed by atoms with Crippen LogP contribution in [0.5, 0.6) is 0 Å². The van der Waals surface area contributed by atoms with E-state index in [0.717, 1.165) is 12.0 Å². The molecule has 0 N–H and O–H groups in total. The molecule has 4 heteroatoms. The van der Waals surface area contributed by atoms with Crippen LogP contribution >= 0.6 is 0 Å². The quantitative estimate of drug-likeness (QED) is 0.639. The number of nitro groups is 1. The SMILES string of the molecule is O=C1CCc2ccccc2C1Cc1ccccc1[N+](=O)[O-]. The Morgan fingerprint density at radius 2 is 1.76 bits per heavy atom. The van der Waals surface area contributed by atoms with E-state index in [9.17, 15) is 14.9 Å². The lowest BCUT2D eigenvalue weighted by Gasteiger charge is -2.24. The number of rotatable bonds is 3. The molecule has 0 spiro atoms. The van der Waals surface area contributed by atoms with Crippen molar-refractivity contribution in [2.24, 2.45) is 0 Å². The highest BCUT2D eigenvalue weighted by Crippen LogP contribution is 2.33. The standard InChI is InChI=1S/C17H15NO3/c19-17-10-9-12-5-1-3-7-14(12)15(17)11-13-6-2-4-8-16(13)18(20)21/h1-8,15H,9-11H2. The summed E-state index contributed by atoms with van der Waals surface area (Å²) in [5.41, 5.74) is 2.92. The van der Waals surface area contributed by atoms with Crippen LogP contribution in [0.1, 0.15) is 29.0 Å². The Balaban J connectivity index is 1.99. The van der Waals surface area contributed by atoms with Gasteiger partial charge in [0.1, 0.15) is 5.78 Å². The Labute approximate surface area is 122 Å². The van der Waals surface area contributed by atoms with Crippen LogP contribution in [0.3, 0.4) is 0 Å². The smallest absolute Gasteiger partial charge is 0.272 e. The summed E-state index contributed by atoms with van der Waals surface area (Å²) >= 11 is 0. The summed E-state index contributed by atoms with van der Waals surface area (Å²) < 4.78 is 0. The number of benzene rings is 2.